The molecule has 5 heteroatoms. The van der Waals surface area contributed by atoms with Crippen LogP contribution in [0.25, 0.3) is 0 Å². The molecule has 0 amide bonds. The molecule has 1 unspecified atom stereocenters. The van der Waals surface area contributed by atoms with Crippen LogP contribution in [0.5, 0.6) is 0 Å². The number of carbonyl (C=O) groups excluding carboxylic acids is 2. The van der Waals surface area contributed by atoms with Crippen LogP contribution in [0.1, 0.15) is 23.7 Å². The van der Waals surface area contributed by atoms with Gasteiger partial charge in [0.25, 0.3) is 0 Å². The fraction of sp³-hybridized carbons (Fsp3) is 0.333. The molecule has 0 radical (unpaired) electrons. The third-order valence-corrected chi connectivity index (χ3v) is 3.03. The molecule has 0 spiro atoms. The third-order valence-electron chi connectivity index (χ3n) is 2.34. The van der Waals surface area contributed by atoms with Gasteiger partial charge in [-0.3, -0.25) is 9.59 Å². The Bertz CT molecular complexity index is 445. The Morgan fingerprint density at radius 1 is 1.47 bits per heavy atom. The summed E-state index contributed by atoms with van der Waals surface area (Å²) < 4.78 is 18.0. The van der Waals surface area contributed by atoms with Crippen LogP contribution in [0.3, 0.4) is 0 Å². The number of carbonyl (C=O) groups is 2. The quantitative estimate of drug-likeness (QED) is 0.634. The lowest BCUT2D eigenvalue weighted by atomic mass is 9.96. The molecule has 0 N–H and O–H groups in total. The number of Topliss-reactive ketones (excluding diaryl/α,β-unsaturated/α-hetero) is 1. The Morgan fingerprint density at radius 2 is 2.12 bits per heavy atom. The summed E-state index contributed by atoms with van der Waals surface area (Å²) in [5.74, 6) is -1.78. The smallest absolute Gasteiger partial charge is 0.306 e. The molecule has 1 aromatic carbocycles. The maximum atomic E-state index is 13.0. The highest BCUT2D eigenvalue weighted by molar-refractivity contribution is 9.10. The molecule has 0 aliphatic carbocycles. The fourth-order valence-electron chi connectivity index (χ4n) is 1.38. The topological polar surface area (TPSA) is 43.4 Å². The first-order valence-corrected chi connectivity index (χ1v) is 5.81. The zero-order valence-electron chi connectivity index (χ0n) is 9.50. The average molecular weight is 303 g/mol. The van der Waals surface area contributed by atoms with Gasteiger partial charge >= 0.3 is 5.97 Å². The van der Waals surface area contributed by atoms with E-state index in [0.717, 1.165) is 6.07 Å². The van der Waals surface area contributed by atoms with E-state index in [0.29, 0.717) is 4.47 Å². The molecule has 0 saturated heterocycles. The van der Waals surface area contributed by atoms with E-state index in [9.17, 15) is 14.0 Å². The van der Waals surface area contributed by atoms with Gasteiger partial charge in [-0.2, -0.15) is 0 Å². The first kappa shape index (κ1) is 13.8. The minimum Gasteiger partial charge on any atom is -0.469 e. The standard InChI is InChI=1S/C12H12BrFO3/c1-7(5-11(15)17-2)12(16)9-6-8(14)3-4-10(9)13/h3-4,6-7H,5H2,1-2H3. The largest absolute Gasteiger partial charge is 0.469 e. The summed E-state index contributed by atoms with van der Waals surface area (Å²) in [7, 11) is 1.26. The van der Waals surface area contributed by atoms with Crippen molar-refractivity contribution in [3.05, 3.63) is 34.1 Å². The molecule has 0 aliphatic heterocycles. The normalized spacial score (nSPS) is 12.0. The summed E-state index contributed by atoms with van der Waals surface area (Å²) >= 11 is 3.18. The second kappa shape index (κ2) is 5.91. The van der Waals surface area contributed by atoms with Crippen LogP contribution in [-0.2, 0) is 9.53 Å². The van der Waals surface area contributed by atoms with Crippen LogP contribution in [0, 0.1) is 11.7 Å². The van der Waals surface area contributed by atoms with E-state index in [-0.39, 0.29) is 17.8 Å². The molecule has 17 heavy (non-hydrogen) atoms. The molecular formula is C12H12BrFO3. The number of ketones is 1. The number of esters is 1. The fourth-order valence-corrected chi connectivity index (χ4v) is 1.82. The van der Waals surface area contributed by atoms with E-state index >= 15 is 0 Å². The van der Waals surface area contributed by atoms with Crippen LogP contribution < -0.4 is 0 Å². The molecule has 1 aromatic rings. The average Bonchev–Trinajstić information content (AvgIpc) is 2.31. The summed E-state index contributed by atoms with van der Waals surface area (Å²) in [6.07, 6.45) is -0.0156. The number of methoxy groups -OCH3 is 1. The van der Waals surface area contributed by atoms with Gasteiger partial charge in [0.1, 0.15) is 5.82 Å². The van der Waals surface area contributed by atoms with Gasteiger partial charge in [0.05, 0.1) is 13.5 Å². The van der Waals surface area contributed by atoms with Gasteiger partial charge in [-0.25, -0.2) is 4.39 Å². The van der Waals surface area contributed by atoms with E-state index in [1.165, 1.54) is 19.2 Å². The van der Waals surface area contributed by atoms with Gasteiger partial charge in [-0.05, 0) is 18.2 Å². The molecule has 0 aromatic heterocycles. The molecule has 3 nitrogen and oxygen atoms in total. The predicted octanol–water partition coefficient (Wildman–Crippen LogP) is 2.97. The number of ether oxygens (including phenoxy) is 1. The van der Waals surface area contributed by atoms with Crippen LogP contribution in [-0.4, -0.2) is 18.9 Å². The molecule has 1 rings (SSSR count). The molecular weight excluding hydrogens is 291 g/mol. The maximum Gasteiger partial charge on any atom is 0.306 e. The first-order chi connectivity index (χ1) is 7.95. The van der Waals surface area contributed by atoms with Gasteiger partial charge in [0.2, 0.25) is 0 Å². The summed E-state index contributed by atoms with van der Waals surface area (Å²) in [4.78, 5) is 23.0. The van der Waals surface area contributed by atoms with Gasteiger partial charge in [0.15, 0.2) is 5.78 Å². The van der Waals surface area contributed by atoms with E-state index in [4.69, 9.17) is 0 Å². The van der Waals surface area contributed by atoms with Gasteiger partial charge in [0, 0.05) is 16.0 Å². The molecule has 0 saturated carbocycles. The van der Waals surface area contributed by atoms with Gasteiger partial charge in [-0.1, -0.05) is 22.9 Å². The molecule has 0 bridgehead atoms. The van der Waals surface area contributed by atoms with Crippen molar-refractivity contribution in [1.82, 2.24) is 0 Å². The minimum atomic E-state index is -0.541. The summed E-state index contributed by atoms with van der Waals surface area (Å²) in [6, 6.07) is 3.87. The molecule has 0 fully saturated rings. The zero-order chi connectivity index (χ0) is 13.0. The summed E-state index contributed by atoms with van der Waals surface area (Å²) in [5.41, 5.74) is 0.237. The Balaban J connectivity index is 2.88. The second-order valence-corrected chi connectivity index (χ2v) is 4.52. The molecule has 0 heterocycles. The van der Waals surface area contributed by atoms with E-state index in [1.54, 1.807) is 6.92 Å². The number of halogens is 2. The molecule has 0 aliphatic rings. The van der Waals surface area contributed by atoms with Crippen molar-refractivity contribution in [3.63, 3.8) is 0 Å². The van der Waals surface area contributed by atoms with Gasteiger partial charge in [-0.15, -0.1) is 0 Å². The maximum absolute atomic E-state index is 13.0. The van der Waals surface area contributed by atoms with Crippen molar-refractivity contribution >= 4 is 27.7 Å². The molecule has 92 valence electrons. The lowest BCUT2D eigenvalue weighted by Gasteiger charge is -2.10. The highest BCUT2D eigenvalue weighted by atomic mass is 79.9. The second-order valence-electron chi connectivity index (χ2n) is 3.67. The highest BCUT2D eigenvalue weighted by Crippen LogP contribution is 2.22. The third kappa shape index (κ3) is 3.63. The van der Waals surface area contributed by atoms with Crippen LogP contribution in [0.2, 0.25) is 0 Å². The van der Waals surface area contributed by atoms with Crippen LogP contribution in [0.15, 0.2) is 22.7 Å². The summed E-state index contributed by atoms with van der Waals surface area (Å²) in [5, 5.41) is 0. The summed E-state index contributed by atoms with van der Waals surface area (Å²) in [6.45, 7) is 1.61. The van der Waals surface area contributed by atoms with Crippen molar-refractivity contribution < 1.29 is 18.7 Å². The van der Waals surface area contributed by atoms with Crippen LogP contribution in [0.4, 0.5) is 4.39 Å². The first-order valence-electron chi connectivity index (χ1n) is 5.01. The lowest BCUT2D eigenvalue weighted by molar-refractivity contribution is -0.141. The Kier molecular flexibility index (Phi) is 4.81. The van der Waals surface area contributed by atoms with Crippen molar-refractivity contribution in [2.45, 2.75) is 13.3 Å². The Hall–Kier alpha value is -1.23. The van der Waals surface area contributed by atoms with E-state index < -0.39 is 17.7 Å². The highest BCUT2D eigenvalue weighted by Gasteiger charge is 2.21. The lowest BCUT2D eigenvalue weighted by Crippen LogP contribution is -2.17. The SMILES string of the molecule is COC(=O)CC(C)C(=O)c1cc(F)ccc1Br. The number of hydrogen-bond donors (Lipinski definition) is 0. The van der Waals surface area contributed by atoms with Crippen molar-refractivity contribution in [2.75, 3.05) is 7.11 Å². The predicted molar refractivity (Wildman–Crippen MR) is 64.2 cm³/mol. The van der Waals surface area contributed by atoms with Crippen LogP contribution >= 0.6 is 15.9 Å². The monoisotopic (exact) mass is 302 g/mol. The van der Waals surface area contributed by atoms with Gasteiger partial charge < -0.3 is 4.74 Å². The number of rotatable bonds is 4. The van der Waals surface area contributed by atoms with Crippen molar-refractivity contribution in [1.29, 1.82) is 0 Å². The zero-order valence-corrected chi connectivity index (χ0v) is 11.1. The van der Waals surface area contributed by atoms with E-state index in [2.05, 4.69) is 20.7 Å². The Labute approximate surface area is 107 Å². The van der Waals surface area contributed by atoms with E-state index in [1.807, 2.05) is 0 Å². The number of benzene rings is 1. The minimum absolute atomic E-state index is 0.0156. The van der Waals surface area contributed by atoms with Crippen molar-refractivity contribution in [3.8, 4) is 0 Å². The molecule has 1 atom stereocenters. The van der Waals surface area contributed by atoms with Crippen molar-refractivity contribution in [2.24, 2.45) is 5.92 Å². The Morgan fingerprint density at radius 3 is 2.71 bits per heavy atom. The number of hydrogen-bond acceptors (Lipinski definition) is 3.